The highest BCUT2D eigenvalue weighted by molar-refractivity contribution is 8.00. The number of nitrogens with zero attached hydrogens (tertiary/aromatic N) is 2. The van der Waals surface area contributed by atoms with Crippen molar-refractivity contribution in [2.75, 3.05) is 18.9 Å². The predicted octanol–water partition coefficient (Wildman–Crippen LogP) is 3.30. The third-order valence-corrected chi connectivity index (χ3v) is 5.06. The zero-order chi connectivity index (χ0) is 16.1. The van der Waals surface area contributed by atoms with Crippen LogP contribution in [0.15, 0.2) is 48.8 Å². The van der Waals surface area contributed by atoms with Gasteiger partial charge in [0.25, 0.3) is 0 Å². The highest BCUT2D eigenvalue weighted by Crippen LogP contribution is 2.39. The average molecular weight is 328 g/mol. The summed E-state index contributed by atoms with van der Waals surface area (Å²) < 4.78 is 5.48. The van der Waals surface area contributed by atoms with Crippen molar-refractivity contribution in [3.63, 3.8) is 0 Å². The van der Waals surface area contributed by atoms with Crippen molar-refractivity contribution in [1.82, 2.24) is 9.88 Å². The molecule has 0 radical (unpaired) electrons. The molecule has 3 rings (SSSR count). The molecule has 1 amide bonds. The van der Waals surface area contributed by atoms with Gasteiger partial charge < -0.3 is 9.64 Å². The molecule has 23 heavy (non-hydrogen) atoms. The van der Waals surface area contributed by atoms with E-state index in [1.165, 1.54) is 0 Å². The highest BCUT2D eigenvalue weighted by Gasteiger charge is 2.32. The summed E-state index contributed by atoms with van der Waals surface area (Å²) in [6, 6.07) is 12.0. The van der Waals surface area contributed by atoms with Gasteiger partial charge in [-0.2, -0.15) is 0 Å². The van der Waals surface area contributed by atoms with Crippen LogP contribution in [0.3, 0.4) is 0 Å². The summed E-state index contributed by atoms with van der Waals surface area (Å²) in [6.07, 6.45) is 4.45. The number of aromatic nitrogens is 1. The lowest BCUT2D eigenvalue weighted by molar-refractivity contribution is -0.128. The lowest BCUT2D eigenvalue weighted by Crippen LogP contribution is -2.30. The molecule has 0 bridgehead atoms. The summed E-state index contributed by atoms with van der Waals surface area (Å²) in [5.41, 5.74) is 2.30. The number of hydrogen-bond donors (Lipinski definition) is 0. The average Bonchev–Trinajstić information content (AvgIpc) is 2.96. The van der Waals surface area contributed by atoms with E-state index in [0.717, 1.165) is 29.8 Å². The topological polar surface area (TPSA) is 42.4 Å². The van der Waals surface area contributed by atoms with Crippen molar-refractivity contribution in [1.29, 1.82) is 0 Å². The van der Waals surface area contributed by atoms with Crippen LogP contribution >= 0.6 is 11.8 Å². The number of carbonyl (C=O) groups excluding carboxylic acids is 1. The summed E-state index contributed by atoms with van der Waals surface area (Å²) in [5.74, 6) is 1.62. The second kappa shape index (κ2) is 7.51. The number of amides is 1. The molecule has 0 aliphatic carbocycles. The number of benzene rings is 1. The van der Waals surface area contributed by atoms with E-state index in [-0.39, 0.29) is 11.3 Å². The van der Waals surface area contributed by atoms with Crippen molar-refractivity contribution >= 4 is 17.7 Å². The lowest BCUT2D eigenvalue weighted by atomic mass is 10.1. The van der Waals surface area contributed by atoms with Gasteiger partial charge in [-0.1, -0.05) is 18.2 Å². The maximum Gasteiger partial charge on any atom is 0.233 e. The Kier molecular flexibility index (Phi) is 5.18. The Morgan fingerprint density at radius 1 is 1.30 bits per heavy atom. The number of hydrogen-bond acceptors (Lipinski definition) is 4. The summed E-state index contributed by atoms with van der Waals surface area (Å²) >= 11 is 1.69. The Bertz CT molecular complexity index is 646. The molecule has 1 aliphatic heterocycles. The first-order valence-corrected chi connectivity index (χ1v) is 8.85. The van der Waals surface area contributed by atoms with Crippen molar-refractivity contribution in [3.8, 4) is 5.75 Å². The zero-order valence-electron chi connectivity index (χ0n) is 13.1. The standard InChI is InChI=1S/C18H20N2O2S/c1-2-22-16-7-5-15(6-8-16)18-20(17(21)13-23-18)11-9-14-4-3-10-19-12-14/h3-8,10,12,18H,2,9,11,13H2,1H3. The van der Waals surface area contributed by atoms with Crippen molar-refractivity contribution in [2.45, 2.75) is 18.7 Å². The molecule has 1 atom stereocenters. The summed E-state index contributed by atoms with van der Waals surface area (Å²) in [6.45, 7) is 3.35. The van der Waals surface area contributed by atoms with Gasteiger partial charge in [-0.25, -0.2) is 0 Å². The number of thioether (sulfide) groups is 1. The minimum absolute atomic E-state index is 0.0925. The fourth-order valence-corrected chi connectivity index (χ4v) is 3.88. The summed E-state index contributed by atoms with van der Waals surface area (Å²) in [5, 5.41) is 0.0925. The van der Waals surface area contributed by atoms with E-state index in [1.807, 2.05) is 42.3 Å². The Morgan fingerprint density at radius 2 is 2.13 bits per heavy atom. The second-order valence-electron chi connectivity index (χ2n) is 5.36. The molecule has 1 aliphatic rings. The van der Waals surface area contributed by atoms with Gasteiger partial charge in [0.15, 0.2) is 0 Å². The van der Waals surface area contributed by atoms with Gasteiger partial charge in [0, 0.05) is 18.9 Å². The first-order chi connectivity index (χ1) is 11.3. The largest absolute Gasteiger partial charge is 0.494 e. The number of ether oxygens (including phenoxy) is 1. The Labute approximate surface area is 140 Å². The van der Waals surface area contributed by atoms with Gasteiger partial charge in [-0.15, -0.1) is 11.8 Å². The molecular formula is C18H20N2O2S. The van der Waals surface area contributed by atoms with Gasteiger partial charge in [0.1, 0.15) is 11.1 Å². The van der Waals surface area contributed by atoms with Crippen LogP contribution in [0.2, 0.25) is 0 Å². The summed E-state index contributed by atoms with van der Waals surface area (Å²) in [7, 11) is 0. The first kappa shape index (κ1) is 15.9. The first-order valence-electron chi connectivity index (χ1n) is 7.80. The fraction of sp³-hybridized carbons (Fsp3) is 0.333. The molecule has 4 nitrogen and oxygen atoms in total. The molecule has 0 spiro atoms. The van der Waals surface area contributed by atoms with E-state index >= 15 is 0 Å². The van der Waals surface area contributed by atoms with Crippen LogP contribution < -0.4 is 4.74 Å². The van der Waals surface area contributed by atoms with Crippen LogP contribution in [-0.2, 0) is 11.2 Å². The molecule has 0 N–H and O–H groups in total. The van der Waals surface area contributed by atoms with Crippen LogP contribution in [0, 0.1) is 0 Å². The van der Waals surface area contributed by atoms with Gasteiger partial charge in [0.2, 0.25) is 5.91 Å². The molecule has 0 saturated carbocycles. The van der Waals surface area contributed by atoms with Crippen molar-refractivity contribution < 1.29 is 9.53 Å². The maximum atomic E-state index is 12.2. The Balaban J connectivity index is 1.69. The molecule has 1 saturated heterocycles. The number of rotatable bonds is 6. The van der Waals surface area contributed by atoms with Crippen LogP contribution in [-0.4, -0.2) is 34.7 Å². The Morgan fingerprint density at radius 3 is 2.83 bits per heavy atom. The van der Waals surface area contributed by atoms with Crippen LogP contribution in [0.1, 0.15) is 23.4 Å². The van der Waals surface area contributed by atoms with Crippen LogP contribution in [0.5, 0.6) is 5.75 Å². The van der Waals surface area contributed by atoms with Crippen LogP contribution in [0.4, 0.5) is 0 Å². The fourth-order valence-electron chi connectivity index (χ4n) is 2.66. The smallest absolute Gasteiger partial charge is 0.233 e. The molecular weight excluding hydrogens is 308 g/mol. The second-order valence-corrected chi connectivity index (χ2v) is 6.43. The molecule has 1 aromatic heterocycles. The van der Waals surface area contributed by atoms with Gasteiger partial charge >= 0.3 is 0 Å². The number of carbonyl (C=O) groups is 1. The SMILES string of the molecule is CCOc1ccc(C2SCC(=O)N2CCc2cccnc2)cc1. The van der Waals surface area contributed by atoms with E-state index in [0.29, 0.717) is 12.4 Å². The quantitative estimate of drug-likeness (QED) is 0.816. The van der Waals surface area contributed by atoms with Crippen molar-refractivity contribution in [3.05, 3.63) is 59.9 Å². The van der Waals surface area contributed by atoms with Crippen molar-refractivity contribution in [2.24, 2.45) is 0 Å². The molecule has 1 unspecified atom stereocenters. The van der Waals surface area contributed by atoms with Gasteiger partial charge in [-0.3, -0.25) is 9.78 Å². The van der Waals surface area contributed by atoms with Gasteiger partial charge in [-0.05, 0) is 42.7 Å². The van der Waals surface area contributed by atoms with Crippen LogP contribution in [0.25, 0.3) is 0 Å². The molecule has 1 fully saturated rings. The normalized spacial score (nSPS) is 17.5. The molecule has 5 heteroatoms. The molecule has 2 heterocycles. The van der Waals surface area contributed by atoms with E-state index in [4.69, 9.17) is 4.74 Å². The highest BCUT2D eigenvalue weighted by atomic mass is 32.2. The molecule has 2 aromatic rings. The monoisotopic (exact) mass is 328 g/mol. The number of pyridine rings is 1. The minimum atomic E-state index is 0.0925. The summed E-state index contributed by atoms with van der Waals surface area (Å²) in [4.78, 5) is 18.3. The minimum Gasteiger partial charge on any atom is -0.494 e. The molecule has 120 valence electrons. The molecule has 1 aromatic carbocycles. The Hall–Kier alpha value is -2.01. The maximum absolute atomic E-state index is 12.2. The third-order valence-electron chi connectivity index (χ3n) is 3.81. The van der Waals surface area contributed by atoms with Gasteiger partial charge in [0.05, 0.1) is 12.4 Å². The predicted molar refractivity (Wildman–Crippen MR) is 92.5 cm³/mol. The lowest BCUT2D eigenvalue weighted by Gasteiger charge is -2.24. The zero-order valence-corrected chi connectivity index (χ0v) is 14.0. The van der Waals surface area contributed by atoms with E-state index in [2.05, 4.69) is 17.1 Å². The van der Waals surface area contributed by atoms with E-state index in [1.54, 1.807) is 18.0 Å². The van der Waals surface area contributed by atoms with E-state index in [9.17, 15) is 4.79 Å². The third kappa shape index (κ3) is 3.85. The van der Waals surface area contributed by atoms with E-state index < -0.39 is 0 Å².